The highest BCUT2D eigenvalue weighted by atomic mass is 16.5. The van der Waals surface area contributed by atoms with Crippen molar-refractivity contribution in [2.45, 2.75) is 46.1 Å². The van der Waals surface area contributed by atoms with E-state index in [0.29, 0.717) is 25.0 Å². The zero-order valence-corrected chi connectivity index (χ0v) is 13.1. The summed E-state index contributed by atoms with van der Waals surface area (Å²) in [6.07, 6.45) is 2.04. The Kier molecular flexibility index (Phi) is 6.99. The van der Waals surface area contributed by atoms with Crippen molar-refractivity contribution < 1.29 is 14.3 Å². The number of piperidine rings is 1. The minimum absolute atomic E-state index is 0.0858. The quantitative estimate of drug-likeness (QED) is 0.750. The van der Waals surface area contributed by atoms with Crippen LogP contribution in [0.15, 0.2) is 0 Å². The van der Waals surface area contributed by atoms with Crippen LogP contribution < -0.4 is 5.32 Å². The first kappa shape index (κ1) is 17.0. The predicted molar refractivity (Wildman–Crippen MR) is 78.2 cm³/mol. The average molecular weight is 284 g/mol. The predicted octanol–water partition coefficient (Wildman–Crippen LogP) is 1.42. The van der Waals surface area contributed by atoms with E-state index in [1.807, 2.05) is 4.90 Å². The molecule has 1 fully saturated rings. The summed E-state index contributed by atoms with van der Waals surface area (Å²) in [4.78, 5) is 25.7. The van der Waals surface area contributed by atoms with Crippen molar-refractivity contribution in [2.75, 3.05) is 26.7 Å². The molecule has 1 saturated heterocycles. The van der Waals surface area contributed by atoms with Gasteiger partial charge in [0.15, 0.2) is 0 Å². The first-order chi connectivity index (χ1) is 9.43. The molecule has 1 heterocycles. The van der Waals surface area contributed by atoms with Crippen LogP contribution in [0.3, 0.4) is 0 Å². The summed E-state index contributed by atoms with van der Waals surface area (Å²) in [7, 11) is 1.38. The monoisotopic (exact) mass is 284 g/mol. The molecule has 0 spiro atoms. The highest BCUT2D eigenvalue weighted by molar-refractivity contribution is 5.79. The summed E-state index contributed by atoms with van der Waals surface area (Å²) < 4.78 is 4.66. The van der Waals surface area contributed by atoms with Crippen LogP contribution in [0.4, 0.5) is 0 Å². The van der Waals surface area contributed by atoms with Crippen LogP contribution in [0.2, 0.25) is 0 Å². The highest BCUT2D eigenvalue weighted by Crippen LogP contribution is 2.19. The first-order valence-electron chi connectivity index (χ1n) is 7.53. The molecule has 0 radical (unpaired) electrons. The minimum atomic E-state index is -0.259. The lowest BCUT2D eigenvalue weighted by Crippen LogP contribution is -2.45. The van der Waals surface area contributed by atoms with Crippen molar-refractivity contribution in [1.82, 2.24) is 10.2 Å². The van der Waals surface area contributed by atoms with Gasteiger partial charge in [0, 0.05) is 25.0 Å². The Hall–Kier alpha value is -1.10. The molecule has 1 aliphatic heterocycles. The number of amides is 1. The molecule has 0 aromatic rings. The van der Waals surface area contributed by atoms with Crippen LogP contribution in [0.1, 0.15) is 40.0 Å². The van der Waals surface area contributed by atoms with Gasteiger partial charge in [0.2, 0.25) is 5.91 Å². The molecule has 0 bridgehead atoms. The van der Waals surface area contributed by atoms with E-state index in [-0.39, 0.29) is 24.2 Å². The number of hydrogen-bond donors (Lipinski definition) is 1. The number of nitrogens with one attached hydrogen (secondary N) is 1. The van der Waals surface area contributed by atoms with Crippen LogP contribution in [0.25, 0.3) is 0 Å². The first-order valence-corrected chi connectivity index (χ1v) is 7.53. The van der Waals surface area contributed by atoms with Crippen LogP contribution in [0.5, 0.6) is 0 Å². The van der Waals surface area contributed by atoms with Crippen LogP contribution >= 0.6 is 0 Å². The van der Waals surface area contributed by atoms with Gasteiger partial charge in [-0.25, -0.2) is 0 Å². The van der Waals surface area contributed by atoms with E-state index < -0.39 is 0 Å². The molecule has 0 aliphatic carbocycles. The fourth-order valence-corrected chi connectivity index (χ4v) is 2.67. The maximum Gasteiger partial charge on any atom is 0.307 e. The molecule has 1 aliphatic rings. The molecule has 2 atom stereocenters. The van der Waals surface area contributed by atoms with E-state index in [1.165, 1.54) is 7.11 Å². The highest BCUT2D eigenvalue weighted by Gasteiger charge is 2.29. The van der Waals surface area contributed by atoms with Crippen LogP contribution in [-0.4, -0.2) is 49.6 Å². The van der Waals surface area contributed by atoms with Gasteiger partial charge in [-0.3, -0.25) is 9.59 Å². The maximum atomic E-state index is 12.6. The van der Waals surface area contributed by atoms with Gasteiger partial charge in [-0.1, -0.05) is 13.8 Å². The Balaban J connectivity index is 2.60. The third-order valence-corrected chi connectivity index (χ3v) is 3.68. The SMILES string of the molecule is COC(=O)CCN(CC(C)C)C(=O)C1CCNC(C)C1. The van der Waals surface area contributed by atoms with E-state index >= 15 is 0 Å². The third-order valence-electron chi connectivity index (χ3n) is 3.68. The second kappa shape index (κ2) is 8.25. The van der Waals surface area contributed by atoms with Crippen molar-refractivity contribution in [1.29, 1.82) is 0 Å². The normalized spacial score (nSPS) is 22.6. The summed E-state index contributed by atoms with van der Waals surface area (Å²) in [5.41, 5.74) is 0. The molecular weight excluding hydrogens is 256 g/mol. The van der Waals surface area contributed by atoms with Crippen molar-refractivity contribution in [3.63, 3.8) is 0 Å². The Morgan fingerprint density at radius 1 is 1.40 bits per heavy atom. The standard InChI is InChI=1S/C15H28N2O3/c1-11(2)10-17(8-6-14(18)20-4)15(19)13-5-7-16-12(3)9-13/h11-13,16H,5-10H2,1-4H3. The number of esters is 1. The van der Waals surface area contributed by atoms with E-state index in [4.69, 9.17) is 0 Å². The molecule has 5 nitrogen and oxygen atoms in total. The van der Waals surface area contributed by atoms with E-state index in [9.17, 15) is 9.59 Å². The summed E-state index contributed by atoms with van der Waals surface area (Å²) in [5.74, 6) is 0.416. The number of ether oxygens (including phenoxy) is 1. The molecule has 5 heteroatoms. The Morgan fingerprint density at radius 2 is 2.10 bits per heavy atom. The Labute approximate surface area is 122 Å². The number of rotatable bonds is 6. The second-order valence-corrected chi connectivity index (χ2v) is 6.08. The molecule has 116 valence electrons. The van der Waals surface area contributed by atoms with Crippen molar-refractivity contribution >= 4 is 11.9 Å². The summed E-state index contributed by atoms with van der Waals surface area (Å²) >= 11 is 0. The smallest absolute Gasteiger partial charge is 0.307 e. The lowest BCUT2D eigenvalue weighted by molar-refractivity contribution is -0.143. The van der Waals surface area contributed by atoms with Crippen LogP contribution in [-0.2, 0) is 14.3 Å². The molecule has 0 aromatic heterocycles. The largest absolute Gasteiger partial charge is 0.469 e. The van der Waals surface area contributed by atoms with Gasteiger partial charge >= 0.3 is 5.97 Å². The summed E-state index contributed by atoms with van der Waals surface area (Å²) in [6.45, 7) is 8.34. The Bertz CT molecular complexity index is 331. The number of carbonyl (C=O) groups excluding carboxylic acids is 2. The zero-order chi connectivity index (χ0) is 15.1. The molecule has 0 saturated carbocycles. The number of nitrogens with zero attached hydrogens (tertiary/aromatic N) is 1. The maximum absolute atomic E-state index is 12.6. The fourth-order valence-electron chi connectivity index (χ4n) is 2.67. The molecule has 2 unspecified atom stereocenters. The van der Waals surface area contributed by atoms with E-state index in [2.05, 4.69) is 30.8 Å². The minimum Gasteiger partial charge on any atom is -0.469 e. The average Bonchev–Trinajstić information content (AvgIpc) is 2.41. The van der Waals surface area contributed by atoms with E-state index in [0.717, 1.165) is 19.4 Å². The summed E-state index contributed by atoms with van der Waals surface area (Å²) in [6, 6.07) is 0.388. The number of carbonyl (C=O) groups is 2. The van der Waals surface area contributed by atoms with Gasteiger partial charge in [-0.15, -0.1) is 0 Å². The Morgan fingerprint density at radius 3 is 2.65 bits per heavy atom. The van der Waals surface area contributed by atoms with Gasteiger partial charge in [0.05, 0.1) is 13.5 Å². The zero-order valence-electron chi connectivity index (χ0n) is 13.1. The topological polar surface area (TPSA) is 58.6 Å². The van der Waals surface area contributed by atoms with Crippen LogP contribution in [0, 0.1) is 11.8 Å². The fraction of sp³-hybridized carbons (Fsp3) is 0.867. The second-order valence-electron chi connectivity index (χ2n) is 6.08. The van der Waals surface area contributed by atoms with Gasteiger partial charge < -0.3 is 15.0 Å². The summed E-state index contributed by atoms with van der Waals surface area (Å²) in [5, 5.41) is 3.36. The van der Waals surface area contributed by atoms with Crippen molar-refractivity contribution in [3.05, 3.63) is 0 Å². The number of methoxy groups -OCH3 is 1. The molecule has 1 amide bonds. The molecule has 0 aromatic carbocycles. The lowest BCUT2D eigenvalue weighted by atomic mass is 9.91. The lowest BCUT2D eigenvalue weighted by Gasteiger charge is -2.33. The van der Waals surface area contributed by atoms with Gasteiger partial charge in [0.1, 0.15) is 0 Å². The van der Waals surface area contributed by atoms with Crippen molar-refractivity contribution in [3.8, 4) is 0 Å². The molecule has 20 heavy (non-hydrogen) atoms. The molecular formula is C15H28N2O3. The van der Waals surface area contributed by atoms with Crippen molar-refractivity contribution in [2.24, 2.45) is 11.8 Å². The molecule has 1 rings (SSSR count). The third kappa shape index (κ3) is 5.49. The van der Waals surface area contributed by atoms with E-state index in [1.54, 1.807) is 0 Å². The van der Waals surface area contributed by atoms with Gasteiger partial charge in [-0.05, 0) is 32.2 Å². The molecule has 1 N–H and O–H groups in total. The number of hydrogen-bond acceptors (Lipinski definition) is 4. The van der Waals surface area contributed by atoms with Gasteiger partial charge in [0.25, 0.3) is 0 Å². The van der Waals surface area contributed by atoms with Gasteiger partial charge in [-0.2, -0.15) is 0 Å².